The monoisotopic (exact) mass is 395 g/mol. The highest BCUT2D eigenvalue weighted by atomic mass is 19.3. The molecule has 0 aromatic heterocycles. The van der Waals surface area contributed by atoms with Crippen molar-refractivity contribution in [3.05, 3.63) is 59.4 Å². The Morgan fingerprint density at radius 3 is 2.57 bits per heavy atom. The molecular weight excluding hydrogens is 371 g/mol. The van der Waals surface area contributed by atoms with Crippen LogP contribution in [-0.2, 0) is 13.0 Å². The van der Waals surface area contributed by atoms with Crippen molar-refractivity contribution in [2.45, 2.75) is 26.5 Å². The first-order valence-electron chi connectivity index (χ1n) is 8.90. The predicted molar refractivity (Wildman–Crippen MR) is 103 cm³/mol. The fourth-order valence-corrected chi connectivity index (χ4v) is 2.52. The van der Waals surface area contributed by atoms with E-state index in [-0.39, 0.29) is 23.9 Å². The molecule has 2 aromatic rings. The second-order valence-electron chi connectivity index (χ2n) is 5.83. The molecule has 2 aromatic carbocycles. The lowest BCUT2D eigenvalue weighted by Crippen LogP contribution is -2.38. The van der Waals surface area contributed by atoms with Gasteiger partial charge in [0.2, 0.25) is 0 Å². The largest absolute Gasteiger partial charge is 0.493 e. The number of halogens is 3. The molecule has 0 atom stereocenters. The topological polar surface area (TPSA) is 54.9 Å². The lowest BCUT2D eigenvalue weighted by Gasteiger charge is -2.13. The number of hydrogen-bond acceptors (Lipinski definition) is 3. The van der Waals surface area contributed by atoms with Crippen LogP contribution >= 0.6 is 0 Å². The molecule has 0 aliphatic heterocycles. The van der Waals surface area contributed by atoms with Crippen molar-refractivity contribution in [1.82, 2.24) is 10.6 Å². The van der Waals surface area contributed by atoms with E-state index < -0.39 is 6.61 Å². The number of ether oxygens (including phenoxy) is 2. The second kappa shape index (κ2) is 11.1. The van der Waals surface area contributed by atoms with Crippen molar-refractivity contribution >= 4 is 5.96 Å². The molecule has 0 amide bonds. The highest BCUT2D eigenvalue weighted by Gasteiger charge is 2.11. The van der Waals surface area contributed by atoms with Gasteiger partial charge in [-0.25, -0.2) is 9.38 Å². The van der Waals surface area contributed by atoms with Crippen molar-refractivity contribution in [2.24, 2.45) is 4.99 Å². The van der Waals surface area contributed by atoms with Crippen LogP contribution in [0.3, 0.4) is 0 Å². The third-order valence-electron chi connectivity index (χ3n) is 3.86. The molecule has 0 spiro atoms. The Morgan fingerprint density at radius 2 is 1.89 bits per heavy atom. The van der Waals surface area contributed by atoms with E-state index in [1.54, 1.807) is 30.3 Å². The van der Waals surface area contributed by atoms with E-state index in [1.807, 2.05) is 6.92 Å². The normalized spacial score (nSPS) is 11.4. The number of nitrogens with zero attached hydrogens (tertiary/aromatic N) is 1. The molecule has 2 rings (SSSR count). The van der Waals surface area contributed by atoms with E-state index in [1.165, 1.54) is 19.2 Å². The molecule has 0 bridgehead atoms. The van der Waals surface area contributed by atoms with Crippen molar-refractivity contribution in [1.29, 1.82) is 0 Å². The maximum absolute atomic E-state index is 13.7. The van der Waals surface area contributed by atoms with Crippen molar-refractivity contribution in [3.63, 3.8) is 0 Å². The van der Waals surface area contributed by atoms with Crippen molar-refractivity contribution in [2.75, 3.05) is 20.2 Å². The van der Waals surface area contributed by atoms with Gasteiger partial charge in [-0.05, 0) is 37.1 Å². The Morgan fingerprint density at radius 1 is 1.11 bits per heavy atom. The minimum Gasteiger partial charge on any atom is -0.493 e. The minimum absolute atomic E-state index is 0.00451. The number of alkyl halides is 2. The quantitative estimate of drug-likeness (QED) is 0.502. The van der Waals surface area contributed by atoms with Gasteiger partial charge in [0.05, 0.1) is 13.7 Å². The van der Waals surface area contributed by atoms with Crippen LogP contribution in [0.5, 0.6) is 11.5 Å². The number of hydrogen-bond donors (Lipinski definition) is 2. The number of benzene rings is 2. The summed E-state index contributed by atoms with van der Waals surface area (Å²) in [5.41, 5.74) is 1.30. The van der Waals surface area contributed by atoms with Gasteiger partial charge in [0.15, 0.2) is 17.5 Å². The van der Waals surface area contributed by atoms with Gasteiger partial charge < -0.3 is 20.1 Å². The highest BCUT2D eigenvalue weighted by molar-refractivity contribution is 5.79. The third kappa shape index (κ3) is 6.68. The molecule has 0 saturated carbocycles. The van der Waals surface area contributed by atoms with Gasteiger partial charge in [0, 0.05) is 18.7 Å². The number of aliphatic imine (C=N–C) groups is 1. The molecule has 5 nitrogen and oxygen atoms in total. The zero-order valence-corrected chi connectivity index (χ0v) is 15.8. The lowest BCUT2D eigenvalue weighted by atomic mass is 10.1. The zero-order chi connectivity index (χ0) is 20.4. The molecule has 152 valence electrons. The van der Waals surface area contributed by atoms with Crippen molar-refractivity contribution < 1.29 is 22.6 Å². The lowest BCUT2D eigenvalue weighted by molar-refractivity contribution is -0.0512. The van der Waals surface area contributed by atoms with E-state index in [0.717, 1.165) is 5.56 Å². The van der Waals surface area contributed by atoms with Gasteiger partial charge in [-0.3, -0.25) is 0 Å². The van der Waals surface area contributed by atoms with Crippen LogP contribution in [-0.4, -0.2) is 32.8 Å². The number of nitrogens with one attached hydrogen (secondary N) is 2. The Bertz CT molecular complexity index is 785. The summed E-state index contributed by atoms with van der Waals surface area (Å²) in [6.45, 7) is 0.365. The van der Waals surface area contributed by atoms with Gasteiger partial charge in [-0.15, -0.1) is 0 Å². The number of methoxy groups -OCH3 is 1. The maximum Gasteiger partial charge on any atom is 0.387 e. The van der Waals surface area contributed by atoms with Gasteiger partial charge in [-0.1, -0.05) is 24.3 Å². The molecule has 28 heavy (non-hydrogen) atoms. The standard InChI is InChI=1S/C20H24F3N3O2/c1-3-24-20(26-13-15-6-4-5-7-16(15)21)25-11-10-14-8-9-17(27-2)18(12-14)28-19(22)23/h4-9,12,19H,3,10-11,13H2,1-2H3,(H2,24,25,26). The Labute approximate surface area is 162 Å². The summed E-state index contributed by atoms with van der Waals surface area (Å²) in [6, 6.07) is 11.4. The summed E-state index contributed by atoms with van der Waals surface area (Å²) in [4.78, 5) is 4.37. The van der Waals surface area contributed by atoms with Crippen molar-refractivity contribution in [3.8, 4) is 11.5 Å². The van der Waals surface area contributed by atoms with Crippen LogP contribution in [0, 0.1) is 5.82 Å². The molecule has 2 N–H and O–H groups in total. The molecule has 0 fully saturated rings. The molecule has 8 heteroatoms. The first-order valence-corrected chi connectivity index (χ1v) is 8.90. The summed E-state index contributed by atoms with van der Waals surface area (Å²) < 4.78 is 48.3. The van der Waals surface area contributed by atoms with Crippen LogP contribution in [0.25, 0.3) is 0 Å². The average Bonchev–Trinajstić information content (AvgIpc) is 2.67. The fraction of sp³-hybridized carbons (Fsp3) is 0.350. The van der Waals surface area contributed by atoms with Gasteiger partial charge >= 0.3 is 6.61 Å². The SMILES string of the molecule is CCNC(=NCc1ccccc1F)NCCc1ccc(OC)c(OC(F)F)c1. The predicted octanol–water partition coefficient (Wildman–Crippen LogP) is 3.73. The molecule has 0 unspecified atom stereocenters. The van der Waals surface area contributed by atoms with Crippen LogP contribution < -0.4 is 20.1 Å². The summed E-state index contributed by atoms with van der Waals surface area (Å²) in [7, 11) is 1.39. The van der Waals surface area contributed by atoms with E-state index in [2.05, 4.69) is 20.4 Å². The van der Waals surface area contributed by atoms with Gasteiger partial charge in [0.1, 0.15) is 5.82 Å². The van der Waals surface area contributed by atoms with E-state index in [4.69, 9.17) is 4.74 Å². The van der Waals surface area contributed by atoms with Crippen LogP contribution in [0.4, 0.5) is 13.2 Å². The highest BCUT2D eigenvalue weighted by Crippen LogP contribution is 2.29. The Kier molecular flexibility index (Phi) is 8.45. The summed E-state index contributed by atoms with van der Waals surface area (Å²) in [6.07, 6.45) is 0.549. The molecular formula is C20H24F3N3O2. The molecule has 0 aliphatic carbocycles. The van der Waals surface area contributed by atoms with Crippen LogP contribution in [0.15, 0.2) is 47.5 Å². The van der Waals surface area contributed by atoms with E-state index in [0.29, 0.717) is 31.0 Å². The first-order chi connectivity index (χ1) is 13.5. The van der Waals surface area contributed by atoms with Gasteiger partial charge in [-0.2, -0.15) is 8.78 Å². The molecule has 0 heterocycles. The summed E-state index contributed by atoms with van der Waals surface area (Å²) >= 11 is 0. The first kappa shape index (κ1) is 21.4. The smallest absolute Gasteiger partial charge is 0.387 e. The molecule has 0 aliphatic rings. The number of guanidine groups is 1. The fourth-order valence-electron chi connectivity index (χ4n) is 2.52. The zero-order valence-electron chi connectivity index (χ0n) is 15.8. The second-order valence-corrected chi connectivity index (χ2v) is 5.83. The third-order valence-corrected chi connectivity index (χ3v) is 3.86. The minimum atomic E-state index is -2.92. The van der Waals surface area contributed by atoms with E-state index in [9.17, 15) is 13.2 Å². The Hall–Kier alpha value is -2.90. The number of rotatable bonds is 9. The van der Waals surface area contributed by atoms with Crippen LogP contribution in [0.1, 0.15) is 18.1 Å². The maximum atomic E-state index is 13.7. The Balaban J connectivity index is 1.96. The van der Waals surface area contributed by atoms with E-state index >= 15 is 0 Å². The molecule has 0 radical (unpaired) electrons. The van der Waals surface area contributed by atoms with Crippen LogP contribution in [0.2, 0.25) is 0 Å². The summed E-state index contributed by atoms with van der Waals surface area (Å²) in [5.74, 6) is 0.488. The van der Waals surface area contributed by atoms with Gasteiger partial charge in [0.25, 0.3) is 0 Å². The summed E-state index contributed by atoms with van der Waals surface area (Å²) in [5, 5.41) is 6.23. The molecule has 0 saturated heterocycles. The average molecular weight is 395 g/mol.